The van der Waals surface area contributed by atoms with Gasteiger partial charge in [-0.25, -0.2) is 0 Å². The van der Waals surface area contributed by atoms with Gasteiger partial charge in [0.2, 0.25) is 0 Å². The Morgan fingerprint density at radius 1 is 1.17 bits per heavy atom. The van der Waals surface area contributed by atoms with Gasteiger partial charge < -0.3 is 15.5 Å². The van der Waals surface area contributed by atoms with Crippen molar-refractivity contribution in [1.29, 1.82) is 0 Å². The summed E-state index contributed by atoms with van der Waals surface area (Å²) in [5.74, 6) is -0.861. The van der Waals surface area contributed by atoms with Gasteiger partial charge in [0.1, 0.15) is 5.56 Å². The van der Waals surface area contributed by atoms with Gasteiger partial charge in [-0.05, 0) is 25.3 Å². The van der Waals surface area contributed by atoms with E-state index in [1.807, 2.05) is 12.2 Å². The van der Waals surface area contributed by atoms with Crippen molar-refractivity contribution in [3.8, 4) is 0 Å². The number of primary amides is 1. The number of amides is 1. The molecular formula is C18H26N2O4. The first kappa shape index (κ1) is 19.7. The van der Waals surface area contributed by atoms with Gasteiger partial charge >= 0.3 is 5.97 Å². The Hall–Kier alpha value is -2.37. The smallest absolute Gasteiger partial charge is 0.305 e. The zero-order chi connectivity index (χ0) is 17.8. The van der Waals surface area contributed by atoms with Crippen LogP contribution < -0.4 is 11.2 Å². The highest BCUT2D eigenvalue weighted by Crippen LogP contribution is 2.09. The van der Waals surface area contributed by atoms with Crippen LogP contribution >= 0.6 is 0 Å². The molecule has 0 atom stereocenters. The SMILES string of the molecule is COC(=O)CCCCCCCC/C=C/c1cc(=O)c(C(N)=O)c[nH]1. The van der Waals surface area contributed by atoms with Crippen LogP contribution in [0.1, 0.15) is 67.4 Å². The normalized spacial score (nSPS) is 10.9. The molecule has 0 spiro atoms. The van der Waals surface area contributed by atoms with E-state index < -0.39 is 5.91 Å². The van der Waals surface area contributed by atoms with E-state index in [1.165, 1.54) is 19.4 Å². The van der Waals surface area contributed by atoms with E-state index in [1.54, 1.807) is 0 Å². The number of pyridine rings is 1. The van der Waals surface area contributed by atoms with Crippen LogP contribution in [-0.4, -0.2) is 24.0 Å². The van der Waals surface area contributed by atoms with Gasteiger partial charge in [0.15, 0.2) is 5.43 Å². The van der Waals surface area contributed by atoms with Crippen LogP contribution in [0.2, 0.25) is 0 Å². The van der Waals surface area contributed by atoms with Crippen molar-refractivity contribution >= 4 is 18.0 Å². The second kappa shape index (κ2) is 11.2. The molecule has 0 unspecified atom stereocenters. The Kier molecular flexibility index (Phi) is 9.19. The topological polar surface area (TPSA) is 102 Å². The predicted molar refractivity (Wildman–Crippen MR) is 93.6 cm³/mol. The minimum absolute atomic E-state index is 0.0284. The number of rotatable bonds is 11. The molecule has 0 aliphatic carbocycles. The molecule has 1 aromatic rings. The average molecular weight is 334 g/mol. The second-order valence-corrected chi connectivity index (χ2v) is 5.67. The Morgan fingerprint density at radius 2 is 1.83 bits per heavy atom. The molecule has 0 saturated carbocycles. The van der Waals surface area contributed by atoms with E-state index in [2.05, 4.69) is 9.72 Å². The molecule has 3 N–H and O–H groups in total. The third kappa shape index (κ3) is 7.76. The molecule has 0 radical (unpaired) electrons. The number of esters is 1. The van der Waals surface area contributed by atoms with Gasteiger partial charge in [0.25, 0.3) is 5.91 Å². The molecule has 6 nitrogen and oxygen atoms in total. The molecule has 1 heterocycles. The highest BCUT2D eigenvalue weighted by molar-refractivity contribution is 5.92. The molecule has 0 aromatic carbocycles. The van der Waals surface area contributed by atoms with Gasteiger partial charge in [-0.15, -0.1) is 0 Å². The van der Waals surface area contributed by atoms with Crippen molar-refractivity contribution in [3.63, 3.8) is 0 Å². The number of aromatic amines is 1. The first-order chi connectivity index (χ1) is 11.5. The molecule has 0 saturated heterocycles. The van der Waals surface area contributed by atoms with Crippen LogP contribution in [0, 0.1) is 0 Å². The first-order valence-electron chi connectivity index (χ1n) is 8.30. The molecular weight excluding hydrogens is 308 g/mol. The molecule has 1 amide bonds. The number of carbonyl (C=O) groups is 2. The van der Waals surface area contributed by atoms with E-state index >= 15 is 0 Å². The minimum atomic E-state index is -0.724. The van der Waals surface area contributed by atoms with E-state index in [-0.39, 0.29) is 17.0 Å². The highest BCUT2D eigenvalue weighted by atomic mass is 16.5. The summed E-state index contributed by atoms with van der Waals surface area (Å²) in [5.41, 5.74) is 5.35. The number of methoxy groups -OCH3 is 1. The van der Waals surface area contributed by atoms with Crippen LogP contribution in [0.3, 0.4) is 0 Å². The van der Waals surface area contributed by atoms with Crippen molar-refractivity contribution in [2.45, 2.75) is 51.4 Å². The Morgan fingerprint density at radius 3 is 2.46 bits per heavy atom. The fraction of sp³-hybridized carbons (Fsp3) is 0.500. The maximum absolute atomic E-state index is 11.6. The minimum Gasteiger partial charge on any atom is -0.469 e. The quantitative estimate of drug-likeness (QED) is 0.480. The summed E-state index contributed by atoms with van der Waals surface area (Å²) in [7, 11) is 1.41. The number of nitrogens with two attached hydrogens (primary N) is 1. The molecule has 1 aromatic heterocycles. The molecule has 6 heteroatoms. The Bertz CT molecular complexity index is 620. The lowest BCUT2D eigenvalue weighted by Gasteiger charge is -2.01. The van der Waals surface area contributed by atoms with Gasteiger partial charge in [0.05, 0.1) is 7.11 Å². The second-order valence-electron chi connectivity index (χ2n) is 5.67. The molecule has 132 valence electrons. The average Bonchev–Trinajstić information content (AvgIpc) is 2.56. The summed E-state index contributed by atoms with van der Waals surface area (Å²) in [6.07, 6.45) is 13.1. The lowest BCUT2D eigenvalue weighted by Crippen LogP contribution is -2.21. The number of hydrogen-bond acceptors (Lipinski definition) is 4. The fourth-order valence-corrected chi connectivity index (χ4v) is 2.33. The summed E-state index contributed by atoms with van der Waals surface area (Å²) >= 11 is 0. The number of nitrogens with one attached hydrogen (secondary N) is 1. The number of ether oxygens (including phenoxy) is 1. The lowest BCUT2D eigenvalue weighted by molar-refractivity contribution is -0.140. The van der Waals surface area contributed by atoms with Crippen LogP contribution in [0.25, 0.3) is 6.08 Å². The lowest BCUT2D eigenvalue weighted by atomic mass is 10.1. The number of aromatic nitrogens is 1. The predicted octanol–water partition coefficient (Wildman–Crippen LogP) is 2.78. The Balaban J connectivity index is 2.14. The van der Waals surface area contributed by atoms with Crippen molar-refractivity contribution in [3.05, 3.63) is 39.8 Å². The largest absolute Gasteiger partial charge is 0.469 e. The molecule has 0 fully saturated rings. The van der Waals surface area contributed by atoms with Crippen molar-refractivity contribution in [1.82, 2.24) is 4.98 Å². The number of hydrogen-bond donors (Lipinski definition) is 2. The van der Waals surface area contributed by atoms with Gasteiger partial charge in [-0.3, -0.25) is 14.4 Å². The summed E-state index contributed by atoms with van der Waals surface area (Å²) in [6, 6.07) is 1.37. The van der Waals surface area contributed by atoms with Crippen molar-refractivity contribution < 1.29 is 14.3 Å². The fourth-order valence-electron chi connectivity index (χ4n) is 2.33. The summed E-state index contributed by atoms with van der Waals surface area (Å²) in [4.78, 5) is 36.4. The molecule has 0 aliphatic heterocycles. The van der Waals surface area contributed by atoms with Crippen LogP contribution in [0.5, 0.6) is 0 Å². The zero-order valence-corrected chi connectivity index (χ0v) is 14.2. The highest BCUT2D eigenvalue weighted by Gasteiger charge is 2.05. The van der Waals surface area contributed by atoms with Gasteiger partial charge in [0, 0.05) is 24.4 Å². The number of allylic oxidation sites excluding steroid dienone is 1. The maximum Gasteiger partial charge on any atom is 0.305 e. The number of carbonyl (C=O) groups excluding carboxylic acids is 2. The third-order valence-electron chi connectivity index (χ3n) is 3.73. The van der Waals surface area contributed by atoms with Crippen molar-refractivity contribution in [2.75, 3.05) is 7.11 Å². The summed E-state index contributed by atoms with van der Waals surface area (Å²) in [6.45, 7) is 0. The van der Waals surface area contributed by atoms with Crippen LogP contribution in [0.4, 0.5) is 0 Å². The number of unbranched alkanes of at least 4 members (excludes halogenated alkanes) is 6. The van der Waals surface area contributed by atoms with E-state index in [4.69, 9.17) is 5.73 Å². The molecule has 1 rings (SSSR count). The van der Waals surface area contributed by atoms with Gasteiger partial charge in [-0.2, -0.15) is 0 Å². The standard InChI is InChI=1S/C18H26N2O4/c1-24-17(22)11-9-7-5-3-2-4-6-8-10-14-12-16(21)15(13-20-14)18(19)23/h8,10,12-13H,2-7,9,11H2,1H3,(H2,19,23)(H,20,21)/b10-8+. The van der Waals surface area contributed by atoms with Crippen LogP contribution in [-0.2, 0) is 9.53 Å². The van der Waals surface area contributed by atoms with Gasteiger partial charge in [-0.1, -0.05) is 31.8 Å². The maximum atomic E-state index is 11.6. The number of H-pyrrole nitrogens is 1. The van der Waals surface area contributed by atoms with E-state index in [0.717, 1.165) is 44.9 Å². The van der Waals surface area contributed by atoms with E-state index in [0.29, 0.717) is 12.1 Å². The zero-order valence-electron chi connectivity index (χ0n) is 14.2. The third-order valence-corrected chi connectivity index (χ3v) is 3.73. The monoisotopic (exact) mass is 334 g/mol. The van der Waals surface area contributed by atoms with Crippen molar-refractivity contribution in [2.24, 2.45) is 5.73 Å². The van der Waals surface area contributed by atoms with Crippen LogP contribution in [0.15, 0.2) is 23.1 Å². The van der Waals surface area contributed by atoms with E-state index in [9.17, 15) is 14.4 Å². The molecule has 24 heavy (non-hydrogen) atoms. The summed E-state index contributed by atoms with van der Waals surface area (Å²) < 4.78 is 4.59. The molecule has 0 bridgehead atoms. The first-order valence-corrected chi connectivity index (χ1v) is 8.30. The Labute approximate surface area is 142 Å². The summed E-state index contributed by atoms with van der Waals surface area (Å²) in [5, 5.41) is 0. The molecule has 0 aliphatic rings.